The Balaban J connectivity index is 2.92. The minimum Gasteiger partial charge on any atom is -0.273 e. The van der Waals surface area contributed by atoms with E-state index in [9.17, 15) is 14.4 Å². The quantitative estimate of drug-likeness (QED) is 0.610. The van der Waals surface area contributed by atoms with Crippen LogP contribution in [-0.4, -0.2) is 53.7 Å². The van der Waals surface area contributed by atoms with E-state index in [2.05, 4.69) is 0 Å². The Labute approximate surface area is 86.4 Å². The molecular weight excluding hydrogens is 204 g/mol. The molecule has 0 aliphatic carbocycles. The van der Waals surface area contributed by atoms with E-state index in [0.29, 0.717) is 5.75 Å². The first kappa shape index (κ1) is 11.0. The molecule has 78 valence electrons. The normalized spacial score (nSPS) is 19.5. The van der Waals surface area contributed by atoms with E-state index in [0.717, 1.165) is 9.80 Å². The van der Waals surface area contributed by atoms with Crippen LogP contribution in [0.3, 0.4) is 0 Å². The Morgan fingerprint density at radius 2 is 1.57 bits per heavy atom. The number of hydrogen-bond acceptors (Lipinski definition) is 4. The maximum Gasteiger partial charge on any atom is 0.332 e. The molecule has 1 rings (SSSR count). The minimum absolute atomic E-state index is 0.410. The Morgan fingerprint density at radius 3 is 1.93 bits per heavy atom. The van der Waals surface area contributed by atoms with Crippen LogP contribution >= 0.6 is 11.8 Å². The van der Waals surface area contributed by atoms with Crippen LogP contribution in [0, 0.1) is 5.92 Å². The van der Waals surface area contributed by atoms with Gasteiger partial charge >= 0.3 is 6.03 Å². The van der Waals surface area contributed by atoms with Gasteiger partial charge in [0, 0.05) is 19.8 Å². The molecule has 14 heavy (non-hydrogen) atoms. The second-order valence-electron chi connectivity index (χ2n) is 3.09. The van der Waals surface area contributed by atoms with Crippen LogP contribution in [0.15, 0.2) is 0 Å². The highest BCUT2D eigenvalue weighted by Gasteiger charge is 2.41. The summed E-state index contributed by atoms with van der Waals surface area (Å²) in [5, 5.41) is 0. The highest BCUT2D eigenvalue weighted by Crippen LogP contribution is 2.18. The lowest BCUT2D eigenvalue weighted by Gasteiger charge is -2.32. The second kappa shape index (κ2) is 4.00. The van der Waals surface area contributed by atoms with Crippen LogP contribution in [0.4, 0.5) is 4.79 Å². The van der Waals surface area contributed by atoms with Crippen LogP contribution < -0.4 is 0 Å². The molecule has 0 radical (unpaired) electrons. The van der Waals surface area contributed by atoms with Gasteiger partial charge in [0.2, 0.25) is 11.8 Å². The van der Waals surface area contributed by atoms with E-state index < -0.39 is 23.8 Å². The fourth-order valence-corrected chi connectivity index (χ4v) is 1.91. The molecule has 0 unspecified atom stereocenters. The highest BCUT2D eigenvalue weighted by molar-refractivity contribution is 7.98. The van der Waals surface area contributed by atoms with Gasteiger partial charge in [-0.2, -0.15) is 11.8 Å². The lowest BCUT2D eigenvalue weighted by Crippen LogP contribution is -2.57. The van der Waals surface area contributed by atoms with E-state index >= 15 is 0 Å². The van der Waals surface area contributed by atoms with E-state index in [1.165, 1.54) is 25.9 Å². The van der Waals surface area contributed by atoms with Crippen molar-refractivity contribution in [3.63, 3.8) is 0 Å². The summed E-state index contributed by atoms with van der Waals surface area (Å²) in [5.41, 5.74) is 0. The molecule has 4 amide bonds. The lowest BCUT2D eigenvalue weighted by atomic mass is 10.1. The van der Waals surface area contributed by atoms with Gasteiger partial charge in [0.1, 0.15) is 5.92 Å². The number of rotatable bonds is 2. The molecule has 5 nitrogen and oxygen atoms in total. The maximum absolute atomic E-state index is 11.5. The van der Waals surface area contributed by atoms with E-state index in [4.69, 9.17) is 0 Å². The van der Waals surface area contributed by atoms with Crippen molar-refractivity contribution in [3.05, 3.63) is 0 Å². The van der Waals surface area contributed by atoms with Crippen molar-refractivity contribution in [2.75, 3.05) is 26.1 Å². The average Bonchev–Trinajstić information content (AvgIpc) is 2.19. The molecule has 0 spiro atoms. The number of amides is 4. The topological polar surface area (TPSA) is 57.7 Å². The first-order chi connectivity index (χ1) is 6.50. The fraction of sp³-hybridized carbons (Fsp3) is 0.625. The number of hydrogen-bond donors (Lipinski definition) is 0. The smallest absolute Gasteiger partial charge is 0.273 e. The number of barbiturate groups is 1. The monoisotopic (exact) mass is 216 g/mol. The van der Waals surface area contributed by atoms with Crippen LogP contribution in [-0.2, 0) is 9.59 Å². The third-order valence-electron chi connectivity index (χ3n) is 2.16. The number of carbonyl (C=O) groups is 3. The summed E-state index contributed by atoms with van der Waals surface area (Å²) in [4.78, 5) is 36.3. The van der Waals surface area contributed by atoms with Crippen LogP contribution in [0.1, 0.15) is 0 Å². The number of carbonyl (C=O) groups excluding carboxylic acids is 3. The summed E-state index contributed by atoms with van der Waals surface area (Å²) < 4.78 is 0. The summed E-state index contributed by atoms with van der Waals surface area (Å²) in [6, 6.07) is -0.558. The van der Waals surface area contributed by atoms with Gasteiger partial charge in [0.25, 0.3) is 0 Å². The van der Waals surface area contributed by atoms with Crippen LogP contribution in [0.5, 0.6) is 0 Å². The molecule has 0 saturated carbocycles. The number of nitrogens with zero attached hydrogens (tertiary/aromatic N) is 2. The minimum atomic E-state index is -0.710. The second-order valence-corrected chi connectivity index (χ2v) is 4.00. The predicted molar refractivity (Wildman–Crippen MR) is 52.8 cm³/mol. The van der Waals surface area contributed by atoms with Gasteiger partial charge in [-0.25, -0.2) is 4.79 Å². The van der Waals surface area contributed by atoms with Crippen molar-refractivity contribution in [3.8, 4) is 0 Å². The zero-order valence-corrected chi connectivity index (χ0v) is 9.13. The largest absolute Gasteiger partial charge is 0.332 e. The summed E-state index contributed by atoms with van der Waals surface area (Å²) in [6.07, 6.45) is 1.82. The van der Waals surface area contributed by atoms with Crippen molar-refractivity contribution >= 4 is 29.6 Å². The summed E-state index contributed by atoms with van der Waals surface area (Å²) >= 11 is 1.41. The molecule has 0 aromatic carbocycles. The molecule has 1 saturated heterocycles. The Morgan fingerprint density at radius 1 is 1.14 bits per heavy atom. The molecule has 0 bridgehead atoms. The number of urea groups is 1. The Hall–Kier alpha value is -1.04. The molecule has 0 N–H and O–H groups in total. The lowest BCUT2D eigenvalue weighted by molar-refractivity contribution is -0.146. The molecule has 1 aliphatic rings. The van der Waals surface area contributed by atoms with E-state index in [1.807, 2.05) is 6.26 Å². The molecule has 1 heterocycles. The zero-order chi connectivity index (χ0) is 10.9. The van der Waals surface area contributed by atoms with Gasteiger partial charge < -0.3 is 0 Å². The maximum atomic E-state index is 11.5. The SMILES string of the molecule is CSCC1C(=O)N(C)C(=O)N(C)C1=O. The number of imide groups is 2. The van der Waals surface area contributed by atoms with Crippen molar-refractivity contribution < 1.29 is 14.4 Å². The third kappa shape index (κ3) is 1.61. The number of thioether (sulfide) groups is 1. The first-order valence-electron chi connectivity index (χ1n) is 4.08. The van der Waals surface area contributed by atoms with Crippen LogP contribution in [0.25, 0.3) is 0 Å². The third-order valence-corrected chi connectivity index (χ3v) is 2.83. The molecule has 1 aliphatic heterocycles. The summed E-state index contributed by atoms with van der Waals surface area (Å²) in [6.45, 7) is 0. The molecule has 0 aromatic rings. The average molecular weight is 216 g/mol. The van der Waals surface area contributed by atoms with Gasteiger partial charge in [-0.15, -0.1) is 0 Å². The van der Waals surface area contributed by atoms with Crippen molar-refractivity contribution in [2.24, 2.45) is 5.92 Å². The van der Waals surface area contributed by atoms with E-state index in [-0.39, 0.29) is 0 Å². The summed E-state index contributed by atoms with van der Waals surface area (Å²) in [7, 11) is 2.78. The molecular formula is C8H12N2O3S. The van der Waals surface area contributed by atoms with Gasteiger partial charge in [0.15, 0.2) is 0 Å². The standard InChI is InChI=1S/C8H12N2O3S/c1-9-6(11)5(4-14-3)7(12)10(2)8(9)13/h5H,4H2,1-3H3. The van der Waals surface area contributed by atoms with Crippen molar-refractivity contribution in [1.29, 1.82) is 0 Å². The van der Waals surface area contributed by atoms with E-state index in [1.54, 1.807) is 0 Å². The van der Waals surface area contributed by atoms with Gasteiger partial charge in [-0.05, 0) is 6.26 Å². The molecule has 6 heteroatoms. The zero-order valence-electron chi connectivity index (χ0n) is 8.31. The van der Waals surface area contributed by atoms with Crippen LogP contribution in [0.2, 0.25) is 0 Å². The Kier molecular flexibility index (Phi) is 3.15. The molecule has 1 fully saturated rings. The molecule has 0 atom stereocenters. The Bertz CT molecular complexity index is 268. The highest BCUT2D eigenvalue weighted by atomic mass is 32.2. The molecule has 0 aromatic heterocycles. The van der Waals surface area contributed by atoms with Gasteiger partial charge in [0.05, 0.1) is 0 Å². The summed E-state index contributed by atoms with van der Waals surface area (Å²) in [5.74, 6) is -1.11. The van der Waals surface area contributed by atoms with Crippen molar-refractivity contribution in [1.82, 2.24) is 9.80 Å². The van der Waals surface area contributed by atoms with Crippen molar-refractivity contribution in [2.45, 2.75) is 0 Å². The van der Waals surface area contributed by atoms with Gasteiger partial charge in [-0.1, -0.05) is 0 Å². The first-order valence-corrected chi connectivity index (χ1v) is 5.48. The van der Waals surface area contributed by atoms with Gasteiger partial charge in [-0.3, -0.25) is 19.4 Å². The fourth-order valence-electron chi connectivity index (χ4n) is 1.30. The predicted octanol–water partition coefficient (Wildman–Crippen LogP) is 0.0160.